The van der Waals surface area contributed by atoms with Crippen molar-refractivity contribution in [1.29, 1.82) is 0 Å². The predicted octanol–water partition coefficient (Wildman–Crippen LogP) is 2.74. The van der Waals surface area contributed by atoms with E-state index in [4.69, 9.17) is 14.2 Å². The zero-order chi connectivity index (χ0) is 18.2. The van der Waals surface area contributed by atoms with Crippen molar-refractivity contribution < 1.29 is 23.8 Å². The van der Waals surface area contributed by atoms with Crippen LogP contribution < -0.4 is 14.8 Å². The molecule has 2 aromatic carbocycles. The number of nitrogens with one attached hydrogen (secondary N) is 1. The lowest BCUT2D eigenvalue weighted by molar-refractivity contribution is -0.124. The molecule has 0 heterocycles. The fraction of sp³-hybridized carbons (Fsp3) is 0.263. The number of amides is 1. The summed E-state index contributed by atoms with van der Waals surface area (Å²) in [6.45, 7) is 1.47. The SMILES string of the molecule is COc1cccc([C@@H](C)NC(=O)COC(=O)c2ccccc2OC)c1. The van der Waals surface area contributed by atoms with Crippen LogP contribution in [0, 0.1) is 0 Å². The monoisotopic (exact) mass is 343 g/mol. The van der Waals surface area contributed by atoms with Crippen molar-refractivity contribution >= 4 is 11.9 Å². The van der Waals surface area contributed by atoms with Crippen molar-refractivity contribution in [2.75, 3.05) is 20.8 Å². The van der Waals surface area contributed by atoms with Gasteiger partial charge in [-0.2, -0.15) is 0 Å². The maximum atomic E-state index is 12.1. The highest BCUT2D eigenvalue weighted by molar-refractivity contribution is 5.94. The molecule has 2 aromatic rings. The van der Waals surface area contributed by atoms with Gasteiger partial charge in [0.2, 0.25) is 0 Å². The first kappa shape index (κ1) is 18.3. The molecule has 0 aliphatic heterocycles. The van der Waals surface area contributed by atoms with E-state index in [1.165, 1.54) is 7.11 Å². The molecule has 0 bridgehead atoms. The smallest absolute Gasteiger partial charge is 0.342 e. The molecule has 0 aromatic heterocycles. The third-order valence-electron chi connectivity index (χ3n) is 3.63. The zero-order valence-electron chi connectivity index (χ0n) is 14.4. The second-order valence-corrected chi connectivity index (χ2v) is 5.34. The lowest BCUT2D eigenvalue weighted by atomic mass is 10.1. The van der Waals surface area contributed by atoms with Crippen molar-refractivity contribution in [3.8, 4) is 11.5 Å². The van der Waals surface area contributed by atoms with E-state index in [2.05, 4.69) is 5.32 Å². The van der Waals surface area contributed by atoms with Crippen LogP contribution in [0.15, 0.2) is 48.5 Å². The third kappa shape index (κ3) is 4.97. The van der Waals surface area contributed by atoms with Crippen LogP contribution in [0.1, 0.15) is 28.9 Å². The standard InChI is InChI=1S/C19H21NO5/c1-13(14-7-6-8-15(11-14)23-2)20-18(21)12-25-19(22)16-9-4-5-10-17(16)24-3/h4-11,13H,12H2,1-3H3,(H,20,21)/t13-/m1/s1. The third-order valence-corrected chi connectivity index (χ3v) is 3.63. The minimum atomic E-state index is -0.610. The summed E-state index contributed by atoms with van der Waals surface area (Å²) in [6, 6.07) is 13.8. The van der Waals surface area contributed by atoms with E-state index in [-0.39, 0.29) is 18.2 Å². The number of carbonyl (C=O) groups is 2. The molecule has 6 heteroatoms. The summed E-state index contributed by atoms with van der Waals surface area (Å²) in [4.78, 5) is 24.1. The fourth-order valence-electron chi connectivity index (χ4n) is 2.30. The summed E-state index contributed by atoms with van der Waals surface area (Å²) < 4.78 is 15.3. The Balaban J connectivity index is 1.90. The van der Waals surface area contributed by atoms with Gasteiger partial charge in [0.05, 0.1) is 20.3 Å². The van der Waals surface area contributed by atoms with Gasteiger partial charge in [-0.1, -0.05) is 24.3 Å². The Morgan fingerprint density at radius 3 is 2.52 bits per heavy atom. The molecule has 0 fully saturated rings. The van der Waals surface area contributed by atoms with E-state index in [9.17, 15) is 9.59 Å². The van der Waals surface area contributed by atoms with E-state index >= 15 is 0 Å². The van der Waals surface area contributed by atoms with Crippen molar-refractivity contribution in [3.05, 3.63) is 59.7 Å². The second-order valence-electron chi connectivity index (χ2n) is 5.34. The van der Waals surface area contributed by atoms with Crippen molar-refractivity contribution in [2.45, 2.75) is 13.0 Å². The molecule has 25 heavy (non-hydrogen) atoms. The molecule has 0 saturated carbocycles. The highest BCUT2D eigenvalue weighted by Gasteiger charge is 2.16. The molecular formula is C19H21NO5. The molecule has 1 amide bonds. The van der Waals surface area contributed by atoms with Gasteiger partial charge in [-0.15, -0.1) is 0 Å². The first-order valence-corrected chi connectivity index (χ1v) is 7.78. The first-order valence-electron chi connectivity index (χ1n) is 7.78. The van der Waals surface area contributed by atoms with Crippen LogP contribution in [0.4, 0.5) is 0 Å². The van der Waals surface area contributed by atoms with Crippen molar-refractivity contribution in [2.24, 2.45) is 0 Å². The molecule has 0 unspecified atom stereocenters. The normalized spacial score (nSPS) is 11.3. The summed E-state index contributed by atoms with van der Waals surface area (Å²) in [5.41, 5.74) is 1.17. The van der Waals surface area contributed by atoms with E-state index < -0.39 is 11.9 Å². The minimum Gasteiger partial charge on any atom is -0.497 e. The molecule has 0 aliphatic carbocycles. The van der Waals surface area contributed by atoms with Crippen LogP contribution in [0.2, 0.25) is 0 Å². The lowest BCUT2D eigenvalue weighted by Crippen LogP contribution is -2.31. The molecule has 1 atom stereocenters. The quantitative estimate of drug-likeness (QED) is 0.783. The van der Waals surface area contributed by atoms with Crippen LogP contribution >= 0.6 is 0 Å². The van der Waals surface area contributed by atoms with Gasteiger partial charge in [-0.05, 0) is 36.8 Å². The molecule has 0 saturated heterocycles. The minimum absolute atomic E-state index is 0.243. The number of hydrogen-bond donors (Lipinski definition) is 1. The molecule has 132 valence electrons. The molecule has 0 aliphatic rings. The maximum absolute atomic E-state index is 12.1. The molecule has 0 radical (unpaired) electrons. The number of hydrogen-bond acceptors (Lipinski definition) is 5. The van der Waals surface area contributed by atoms with Gasteiger partial charge in [0, 0.05) is 0 Å². The lowest BCUT2D eigenvalue weighted by Gasteiger charge is -2.15. The zero-order valence-corrected chi connectivity index (χ0v) is 14.4. The van der Waals surface area contributed by atoms with Crippen LogP contribution in [-0.2, 0) is 9.53 Å². The van der Waals surface area contributed by atoms with E-state index in [1.54, 1.807) is 31.4 Å². The largest absolute Gasteiger partial charge is 0.497 e. The second kappa shape index (κ2) is 8.73. The number of ether oxygens (including phenoxy) is 3. The van der Waals surface area contributed by atoms with Gasteiger partial charge in [0.1, 0.15) is 17.1 Å². The van der Waals surface area contributed by atoms with Crippen LogP contribution in [0.5, 0.6) is 11.5 Å². The van der Waals surface area contributed by atoms with Gasteiger partial charge in [-0.3, -0.25) is 4.79 Å². The Morgan fingerprint density at radius 1 is 1.04 bits per heavy atom. The summed E-state index contributed by atoms with van der Waals surface area (Å²) in [5, 5.41) is 2.78. The van der Waals surface area contributed by atoms with Gasteiger partial charge in [0.25, 0.3) is 5.91 Å². The first-order chi connectivity index (χ1) is 12.0. The Labute approximate surface area is 146 Å². The van der Waals surface area contributed by atoms with Gasteiger partial charge in [0.15, 0.2) is 6.61 Å². The highest BCUT2D eigenvalue weighted by atomic mass is 16.5. The average molecular weight is 343 g/mol. The van der Waals surface area contributed by atoms with Crippen molar-refractivity contribution in [1.82, 2.24) is 5.32 Å². The van der Waals surface area contributed by atoms with Gasteiger partial charge in [-0.25, -0.2) is 4.79 Å². The molecular weight excluding hydrogens is 322 g/mol. The fourth-order valence-corrected chi connectivity index (χ4v) is 2.30. The maximum Gasteiger partial charge on any atom is 0.342 e. The Bertz CT molecular complexity index is 744. The summed E-state index contributed by atoms with van der Waals surface area (Å²) in [6.07, 6.45) is 0. The number of benzene rings is 2. The Kier molecular flexibility index (Phi) is 6.39. The Hall–Kier alpha value is -3.02. The highest BCUT2D eigenvalue weighted by Crippen LogP contribution is 2.19. The van der Waals surface area contributed by atoms with E-state index in [0.29, 0.717) is 11.5 Å². The molecule has 1 N–H and O–H groups in total. The number of rotatable bonds is 7. The number of esters is 1. The van der Waals surface area contributed by atoms with E-state index in [0.717, 1.165) is 5.56 Å². The van der Waals surface area contributed by atoms with Crippen LogP contribution in [-0.4, -0.2) is 32.7 Å². The topological polar surface area (TPSA) is 73.9 Å². The summed E-state index contributed by atoms with van der Waals surface area (Å²) in [5.74, 6) is 0.110. The van der Waals surface area contributed by atoms with Gasteiger partial charge < -0.3 is 19.5 Å². The molecule has 6 nitrogen and oxygen atoms in total. The summed E-state index contributed by atoms with van der Waals surface area (Å²) >= 11 is 0. The Morgan fingerprint density at radius 2 is 1.80 bits per heavy atom. The number of methoxy groups -OCH3 is 2. The number of carbonyl (C=O) groups excluding carboxylic acids is 2. The number of para-hydroxylation sites is 1. The summed E-state index contributed by atoms with van der Waals surface area (Å²) in [7, 11) is 3.05. The van der Waals surface area contributed by atoms with Crippen LogP contribution in [0.3, 0.4) is 0 Å². The van der Waals surface area contributed by atoms with E-state index in [1.807, 2.05) is 31.2 Å². The predicted molar refractivity (Wildman–Crippen MR) is 92.8 cm³/mol. The van der Waals surface area contributed by atoms with Crippen molar-refractivity contribution in [3.63, 3.8) is 0 Å². The molecule has 2 rings (SSSR count). The van der Waals surface area contributed by atoms with Crippen LogP contribution in [0.25, 0.3) is 0 Å². The molecule has 0 spiro atoms. The van der Waals surface area contributed by atoms with Gasteiger partial charge >= 0.3 is 5.97 Å². The average Bonchev–Trinajstić information content (AvgIpc) is 2.66.